The first-order valence-electron chi connectivity index (χ1n) is 4.92. The Kier molecular flexibility index (Phi) is 2.58. The standard InChI is InChI=1S/C9H15N5/c1-7-5-11-9(13-12-7)14-4-2-3-8(10)6-14/h5,8H,2-4,6,10H2,1H3. The summed E-state index contributed by atoms with van der Waals surface area (Å²) in [6, 6.07) is 0.244. The Morgan fingerprint density at radius 2 is 2.36 bits per heavy atom. The molecular formula is C9H15N5. The number of rotatable bonds is 1. The van der Waals surface area contributed by atoms with Gasteiger partial charge in [-0.05, 0) is 19.8 Å². The number of anilines is 1. The Bertz CT molecular complexity index is 297. The van der Waals surface area contributed by atoms with Crippen LogP contribution in [0.2, 0.25) is 0 Å². The van der Waals surface area contributed by atoms with Gasteiger partial charge in [-0.15, -0.1) is 5.10 Å². The van der Waals surface area contributed by atoms with Gasteiger partial charge in [0.2, 0.25) is 5.95 Å². The highest BCUT2D eigenvalue weighted by molar-refractivity contribution is 5.28. The molecule has 1 aliphatic rings. The fourth-order valence-electron chi connectivity index (χ4n) is 1.66. The average Bonchev–Trinajstić information content (AvgIpc) is 2.19. The molecule has 1 aromatic rings. The van der Waals surface area contributed by atoms with Crippen molar-refractivity contribution in [3.05, 3.63) is 11.9 Å². The summed E-state index contributed by atoms with van der Waals surface area (Å²) >= 11 is 0. The third-order valence-electron chi connectivity index (χ3n) is 2.40. The van der Waals surface area contributed by atoms with Gasteiger partial charge in [0.1, 0.15) is 0 Å². The van der Waals surface area contributed by atoms with E-state index in [2.05, 4.69) is 20.1 Å². The summed E-state index contributed by atoms with van der Waals surface area (Å²) < 4.78 is 0. The van der Waals surface area contributed by atoms with Gasteiger partial charge in [-0.1, -0.05) is 0 Å². The number of aryl methyl sites for hydroxylation is 1. The van der Waals surface area contributed by atoms with E-state index in [0.29, 0.717) is 5.95 Å². The van der Waals surface area contributed by atoms with Crippen molar-refractivity contribution in [3.63, 3.8) is 0 Å². The fraction of sp³-hybridized carbons (Fsp3) is 0.667. The second-order valence-electron chi connectivity index (χ2n) is 3.75. The highest BCUT2D eigenvalue weighted by Gasteiger charge is 2.18. The molecule has 1 saturated heterocycles. The van der Waals surface area contributed by atoms with Crippen LogP contribution in [0.5, 0.6) is 0 Å². The highest BCUT2D eigenvalue weighted by atomic mass is 15.3. The lowest BCUT2D eigenvalue weighted by atomic mass is 10.1. The first-order valence-corrected chi connectivity index (χ1v) is 4.92. The van der Waals surface area contributed by atoms with Crippen LogP contribution in [-0.2, 0) is 0 Å². The van der Waals surface area contributed by atoms with E-state index in [4.69, 9.17) is 5.73 Å². The maximum atomic E-state index is 5.87. The molecule has 76 valence electrons. The van der Waals surface area contributed by atoms with Crippen LogP contribution >= 0.6 is 0 Å². The maximum absolute atomic E-state index is 5.87. The van der Waals surface area contributed by atoms with Gasteiger partial charge in [0.15, 0.2) is 0 Å². The summed E-state index contributed by atoms with van der Waals surface area (Å²) in [5.74, 6) is 0.700. The van der Waals surface area contributed by atoms with Gasteiger partial charge >= 0.3 is 0 Å². The normalized spacial score (nSPS) is 22.4. The number of hydrogen-bond acceptors (Lipinski definition) is 5. The van der Waals surface area contributed by atoms with E-state index in [1.54, 1.807) is 6.20 Å². The van der Waals surface area contributed by atoms with E-state index < -0.39 is 0 Å². The SMILES string of the molecule is Cc1cnc(N2CCCC(N)C2)nn1. The third kappa shape index (κ3) is 1.98. The lowest BCUT2D eigenvalue weighted by molar-refractivity contribution is 0.498. The molecule has 1 unspecified atom stereocenters. The van der Waals surface area contributed by atoms with E-state index in [0.717, 1.165) is 31.6 Å². The summed E-state index contributed by atoms with van der Waals surface area (Å²) in [6.07, 6.45) is 3.94. The van der Waals surface area contributed by atoms with Crippen molar-refractivity contribution < 1.29 is 0 Å². The number of aromatic nitrogens is 3. The van der Waals surface area contributed by atoms with Crippen LogP contribution < -0.4 is 10.6 Å². The molecule has 1 atom stereocenters. The Balaban J connectivity index is 2.10. The Hall–Kier alpha value is -1.23. The molecule has 2 heterocycles. The molecule has 1 aliphatic heterocycles. The van der Waals surface area contributed by atoms with E-state index in [1.165, 1.54) is 0 Å². The first-order chi connectivity index (χ1) is 6.75. The van der Waals surface area contributed by atoms with Gasteiger partial charge in [-0.25, -0.2) is 4.98 Å². The summed E-state index contributed by atoms with van der Waals surface area (Å²) in [6.45, 7) is 3.70. The van der Waals surface area contributed by atoms with Crippen molar-refractivity contribution in [2.45, 2.75) is 25.8 Å². The average molecular weight is 193 g/mol. The second-order valence-corrected chi connectivity index (χ2v) is 3.75. The smallest absolute Gasteiger partial charge is 0.245 e. The number of nitrogens with two attached hydrogens (primary N) is 1. The first kappa shape index (κ1) is 9.33. The summed E-state index contributed by atoms with van der Waals surface area (Å²) in [4.78, 5) is 6.33. The molecule has 14 heavy (non-hydrogen) atoms. The molecule has 1 fully saturated rings. The Morgan fingerprint density at radius 3 is 3.00 bits per heavy atom. The zero-order valence-corrected chi connectivity index (χ0v) is 8.35. The van der Waals surface area contributed by atoms with E-state index in [1.807, 2.05) is 6.92 Å². The molecule has 0 bridgehead atoms. The predicted octanol–water partition coefficient (Wildman–Crippen LogP) is 0.108. The quantitative estimate of drug-likeness (QED) is 0.685. The zero-order chi connectivity index (χ0) is 9.97. The number of hydrogen-bond donors (Lipinski definition) is 1. The molecule has 0 aliphatic carbocycles. The van der Waals surface area contributed by atoms with Crippen LogP contribution in [0, 0.1) is 6.92 Å². The van der Waals surface area contributed by atoms with Gasteiger partial charge in [-0.3, -0.25) is 0 Å². The minimum Gasteiger partial charge on any atom is -0.338 e. The Labute approximate surface area is 83.3 Å². The van der Waals surface area contributed by atoms with Crippen LogP contribution in [0.15, 0.2) is 6.20 Å². The topological polar surface area (TPSA) is 67.9 Å². The Morgan fingerprint density at radius 1 is 1.50 bits per heavy atom. The van der Waals surface area contributed by atoms with Gasteiger partial charge in [-0.2, -0.15) is 5.10 Å². The minimum absolute atomic E-state index is 0.244. The van der Waals surface area contributed by atoms with Crippen molar-refractivity contribution in [2.75, 3.05) is 18.0 Å². The highest BCUT2D eigenvalue weighted by Crippen LogP contribution is 2.13. The molecule has 0 saturated carbocycles. The van der Waals surface area contributed by atoms with E-state index >= 15 is 0 Å². The molecule has 0 radical (unpaired) electrons. The summed E-state index contributed by atoms with van der Waals surface area (Å²) in [7, 11) is 0. The molecule has 0 aromatic carbocycles. The lowest BCUT2D eigenvalue weighted by Gasteiger charge is -2.30. The van der Waals surface area contributed by atoms with E-state index in [-0.39, 0.29) is 6.04 Å². The van der Waals surface area contributed by atoms with Crippen molar-refractivity contribution >= 4 is 5.95 Å². The van der Waals surface area contributed by atoms with Crippen molar-refractivity contribution in [1.82, 2.24) is 15.2 Å². The monoisotopic (exact) mass is 193 g/mol. The molecule has 0 amide bonds. The molecule has 5 heteroatoms. The predicted molar refractivity (Wildman–Crippen MR) is 54.0 cm³/mol. The van der Waals surface area contributed by atoms with E-state index in [9.17, 15) is 0 Å². The zero-order valence-electron chi connectivity index (χ0n) is 8.35. The van der Waals surface area contributed by atoms with Gasteiger partial charge in [0.05, 0.1) is 11.9 Å². The summed E-state index contributed by atoms with van der Waals surface area (Å²) in [5, 5.41) is 8.03. The van der Waals surface area contributed by atoms with Gasteiger partial charge in [0, 0.05) is 19.1 Å². The van der Waals surface area contributed by atoms with Crippen LogP contribution in [0.1, 0.15) is 18.5 Å². The van der Waals surface area contributed by atoms with Gasteiger partial charge < -0.3 is 10.6 Å². The second kappa shape index (κ2) is 3.88. The van der Waals surface area contributed by atoms with Crippen molar-refractivity contribution in [3.8, 4) is 0 Å². The molecule has 5 nitrogen and oxygen atoms in total. The largest absolute Gasteiger partial charge is 0.338 e. The number of nitrogens with zero attached hydrogens (tertiary/aromatic N) is 4. The van der Waals surface area contributed by atoms with Crippen molar-refractivity contribution in [2.24, 2.45) is 5.73 Å². The minimum atomic E-state index is 0.244. The molecule has 2 N–H and O–H groups in total. The molecule has 2 rings (SSSR count). The van der Waals surface area contributed by atoms with Gasteiger partial charge in [0.25, 0.3) is 0 Å². The lowest BCUT2D eigenvalue weighted by Crippen LogP contribution is -2.43. The molecule has 1 aromatic heterocycles. The van der Waals surface area contributed by atoms with Crippen LogP contribution in [0.4, 0.5) is 5.95 Å². The molecule has 0 spiro atoms. The molecular weight excluding hydrogens is 178 g/mol. The van der Waals surface area contributed by atoms with Crippen LogP contribution in [0.3, 0.4) is 0 Å². The maximum Gasteiger partial charge on any atom is 0.245 e. The van der Waals surface area contributed by atoms with Crippen LogP contribution in [0.25, 0.3) is 0 Å². The summed E-state index contributed by atoms with van der Waals surface area (Å²) in [5.41, 5.74) is 6.72. The van der Waals surface area contributed by atoms with Crippen molar-refractivity contribution in [1.29, 1.82) is 0 Å². The van der Waals surface area contributed by atoms with Crippen LogP contribution in [-0.4, -0.2) is 34.3 Å². The fourth-order valence-corrected chi connectivity index (χ4v) is 1.66. The third-order valence-corrected chi connectivity index (χ3v) is 2.40. The number of piperidine rings is 1.